The van der Waals surface area contributed by atoms with Crippen molar-refractivity contribution in [1.82, 2.24) is 20.0 Å². The van der Waals surface area contributed by atoms with Crippen LogP contribution in [0.2, 0.25) is 5.02 Å². The van der Waals surface area contributed by atoms with Crippen molar-refractivity contribution in [2.24, 2.45) is 0 Å². The molecule has 2 atom stereocenters. The Balaban J connectivity index is 1.48. The highest BCUT2D eigenvalue weighted by Crippen LogP contribution is 2.30. The molecule has 4 rings (SSSR count). The van der Waals surface area contributed by atoms with E-state index in [0.717, 1.165) is 31.2 Å². The number of carbonyl (C=O) groups excluding carboxylic acids is 3. The topological polar surface area (TPSA) is 86.1 Å². The Morgan fingerprint density at radius 1 is 1.08 bits per heavy atom. The van der Waals surface area contributed by atoms with Crippen molar-refractivity contribution in [3.8, 4) is 0 Å². The van der Waals surface area contributed by atoms with Crippen LogP contribution in [-0.4, -0.2) is 84.3 Å². The Labute approximate surface area is 223 Å². The van der Waals surface area contributed by atoms with E-state index in [1.165, 1.54) is 6.26 Å². The number of hydrogen-bond acceptors (Lipinski definition) is 5. The van der Waals surface area contributed by atoms with Crippen LogP contribution in [0.15, 0.2) is 47.1 Å². The standard InChI is InChI=1S/C28H37ClN4O4/c1-31(2)15-14-26(34)30-24(18-20-9-11-21(29)12-10-20)27(35)32-16-13-23(19-32)33(22-6-3-4-7-22)28(36)25-8-5-17-37-25/h5,8-12,17,22-24H,3-4,6-7,13-16,18-19H2,1-2H3,(H,30,34)/t23-,24+/m0/s1. The second-order valence-corrected chi connectivity index (χ2v) is 10.8. The molecule has 0 radical (unpaired) electrons. The fraction of sp³-hybridized carbons (Fsp3) is 0.536. The minimum Gasteiger partial charge on any atom is -0.459 e. The molecule has 0 bridgehead atoms. The highest BCUT2D eigenvalue weighted by Gasteiger charge is 2.40. The lowest BCUT2D eigenvalue weighted by atomic mass is 10.0. The molecule has 2 heterocycles. The number of nitrogens with one attached hydrogen (secondary N) is 1. The van der Waals surface area contributed by atoms with Gasteiger partial charge in [-0.15, -0.1) is 0 Å². The fourth-order valence-electron chi connectivity index (χ4n) is 5.38. The SMILES string of the molecule is CN(C)CCC(=O)N[C@H](Cc1ccc(Cl)cc1)C(=O)N1CC[C@H](N(C(=O)c2ccco2)C2CCCC2)C1. The van der Waals surface area contributed by atoms with Crippen molar-refractivity contribution in [3.63, 3.8) is 0 Å². The molecule has 8 nitrogen and oxygen atoms in total. The van der Waals surface area contributed by atoms with Gasteiger partial charge in [0.2, 0.25) is 11.8 Å². The van der Waals surface area contributed by atoms with Crippen LogP contribution in [0.25, 0.3) is 0 Å². The largest absolute Gasteiger partial charge is 0.459 e. The molecule has 0 spiro atoms. The minimum absolute atomic E-state index is 0.0784. The molecule has 1 aromatic heterocycles. The Kier molecular flexibility index (Phi) is 9.27. The predicted octanol–water partition coefficient (Wildman–Crippen LogP) is 3.60. The summed E-state index contributed by atoms with van der Waals surface area (Å²) in [6.07, 6.45) is 7.06. The molecule has 1 saturated heterocycles. The second kappa shape index (κ2) is 12.6. The van der Waals surface area contributed by atoms with Gasteiger partial charge in [0, 0.05) is 43.5 Å². The van der Waals surface area contributed by atoms with Gasteiger partial charge in [-0.3, -0.25) is 14.4 Å². The maximum absolute atomic E-state index is 13.7. The van der Waals surface area contributed by atoms with Gasteiger partial charge >= 0.3 is 0 Å². The van der Waals surface area contributed by atoms with Crippen LogP contribution in [0.3, 0.4) is 0 Å². The van der Waals surface area contributed by atoms with Gasteiger partial charge in [-0.1, -0.05) is 36.6 Å². The molecule has 1 aromatic carbocycles. The number of carbonyl (C=O) groups is 3. The lowest BCUT2D eigenvalue weighted by Gasteiger charge is -2.34. The van der Waals surface area contributed by atoms with Crippen molar-refractivity contribution in [1.29, 1.82) is 0 Å². The van der Waals surface area contributed by atoms with Gasteiger partial charge in [0.1, 0.15) is 6.04 Å². The van der Waals surface area contributed by atoms with Gasteiger partial charge in [0.15, 0.2) is 5.76 Å². The molecule has 37 heavy (non-hydrogen) atoms. The number of likely N-dealkylation sites (tertiary alicyclic amines) is 1. The first-order valence-electron chi connectivity index (χ1n) is 13.2. The zero-order valence-electron chi connectivity index (χ0n) is 21.7. The molecule has 2 fully saturated rings. The lowest BCUT2D eigenvalue weighted by molar-refractivity contribution is -0.135. The van der Waals surface area contributed by atoms with Crippen molar-refractivity contribution in [2.75, 3.05) is 33.7 Å². The lowest BCUT2D eigenvalue weighted by Crippen LogP contribution is -2.51. The molecule has 1 saturated carbocycles. The molecular formula is C28H37ClN4O4. The van der Waals surface area contributed by atoms with E-state index >= 15 is 0 Å². The normalized spacial score (nSPS) is 18.8. The summed E-state index contributed by atoms with van der Waals surface area (Å²) in [6.45, 7) is 1.60. The van der Waals surface area contributed by atoms with Crippen LogP contribution in [0.1, 0.15) is 54.6 Å². The molecular weight excluding hydrogens is 492 g/mol. The summed E-state index contributed by atoms with van der Waals surface area (Å²) in [5.41, 5.74) is 0.923. The average Bonchev–Trinajstić information content (AvgIpc) is 3.67. The fourth-order valence-corrected chi connectivity index (χ4v) is 5.50. The number of amides is 3. The molecule has 0 unspecified atom stereocenters. The smallest absolute Gasteiger partial charge is 0.290 e. The maximum atomic E-state index is 13.7. The summed E-state index contributed by atoms with van der Waals surface area (Å²) in [7, 11) is 3.82. The van der Waals surface area contributed by atoms with Crippen molar-refractivity contribution >= 4 is 29.3 Å². The zero-order valence-corrected chi connectivity index (χ0v) is 22.5. The molecule has 9 heteroatoms. The number of furan rings is 1. The molecule has 2 aromatic rings. The van der Waals surface area contributed by atoms with Gasteiger partial charge in [0.25, 0.3) is 5.91 Å². The molecule has 1 aliphatic carbocycles. The molecule has 200 valence electrons. The second-order valence-electron chi connectivity index (χ2n) is 10.4. The first-order valence-corrected chi connectivity index (χ1v) is 13.5. The van der Waals surface area contributed by atoms with Crippen LogP contribution in [0.4, 0.5) is 0 Å². The van der Waals surface area contributed by atoms with Gasteiger partial charge < -0.3 is 24.4 Å². The van der Waals surface area contributed by atoms with Gasteiger partial charge in [-0.2, -0.15) is 0 Å². The van der Waals surface area contributed by atoms with Crippen LogP contribution >= 0.6 is 11.6 Å². The Hall–Kier alpha value is -2.84. The van der Waals surface area contributed by atoms with Crippen LogP contribution in [0.5, 0.6) is 0 Å². The first kappa shape index (κ1) is 27.2. The summed E-state index contributed by atoms with van der Waals surface area (Å²) < 4.78 is 5.43. The molecule has 1 N–H and O–H groups in total. The quantitative estimate of drug-likeness (QED) is 0.509. The number of benzene rings is 1. The van der Waals surface area contributed by atoms with Crippen molar-refractivity contribution < 1.29 is 18.8 Å². The summed E-state index contributed by atoms with van der Waals surface area (Å²) in [5, 5.41) is 3.59. The minimum atomic E-state index is -0.685. The summed E-state index contributed by atoms with van der Waals surface area (Å²) in [4.78, 5) is 45.5. The van der Waals surface area contributed by atoms with E-state index < -0.39 is 6.04 Å². The maximum Gasteiger partial charge on any atom is 0.290 e. The van der Waals surface area contributed by atoms with Crippen LogP contribution < -0.4 is 5.32 Å². The van der Waals surface area contributed by atoms with Gasteiger partial charge in [-0.25, -0.2) is 0 Å². The number of rotatable bonds is 10. The van der Waals surface area contributed by atoms with E-state index in [4.69, 9.17) is 16.0 Å². The molecule has 1 aliphatic heterocycles. The summed E-state index contributed by atoms with van der Waals surface area (Å²) in [5.74, 6) is -0.0406. The molecule has 3 amide bonds. The molecule has 2 aliphatic rings. The van der Waals surface area contributed by atoms with Crippen LogP contribution in [-0.2, 0) is 16.0 Å². The zero-order chi connectivity index (χ0) is 26.4. The van der Waals surface area contributed by atoms with E-state index in [9.17, 15) is 14.4 Å². The van der Waals surface area contributed by atoms with E-state index in [2.05, 4.69) is 5.32 Å². The average molecular weight is 529 g/mol. The summed E-state index contributed by atoms with van der Waals surface area (Å²) in [6, 6.07) is 10.2. The highest BCUT2D eigenvalue weighted by atomic mass is 35.5. The van der Waals surface area contributed by atoms with Gasteiger partial charge in [0.05, 0.1) is 12.3 Å². The third kappa shape index (κ3) is 7.14. The van der Waals surface area contributed by atoms with E-state index in [1.54, 1.807) is 29.2 Å². The highest BCUT2D eigenvalue weighted by molar-refractivity contribution is 6.30. The predicted molar refractivity (Wildman–Crippen MR) is 142 cm³/mol. The summed E-state index contributed by atoms with van der Waals surface area (Å²) >= 11 is 6.04. The monoisotopic (exact) mass is 528 g/mol. The number of nitrogens with zero attached hydrogens (tertiary/aromatic N) is 3. The van der Waals surface area contributed by atoms with Crippen LogP contribution in [0, 0.1) is 0 Å². The van der Waals surface area contributed by atoms with E-state index in [0.29, 0.717) is 49.7 Å². The number of hydrogen-bond donors (Lipinski definition) is 1. The van der Waals surface area contributed by atoms with E-state index in [1.807, 2.05) is 36.0 Å². The third-order valence-corrected chi connectivity index (χ3v) is 7.58. The first-order chi connectivity index (χ1) is 17.8. The Morgan fingerprint density at radius 2 is 1.81 bits per heavy atom. The Morgan fingerprint density at radius 3 is 2.46 bits per heavy atom. The van der Waals surface area contributed by atoms with E-state index in [-0.39, 0.29) is 29.8 Å². The third-order valence-electron chi connectivity index (χ3n) is 7.33. The van der Waals surface area contributed by atoms with Crippen molar-refractivity contribution in [2.45, 2.75) is 63.1 Å². The number of halogens is 1. The van der Waals surface area contributed by atoms with Gasteiger partial charge in [-0.05, 0) is 63.2 Å². The Bertz CT molecular complexity index is 1050. The van der Waals surface area contributed by atoms with Crippen molar-refractivity contribution in [3.05, 3.63) is 59.0 Å².